The molecule has 1 aliphatic rings. The predicted octanol–water partition coefficient (Wildman–Crippen LogP) is 7.41. The number of alkyl halides is 3. The Morgan fingerprint density at radius 1 is 0.909 bits per heavy atom. The molecule has 7 nitrogen and oxygen atoms in total. The third-order valence-electron chi connectivity index (χ3n) is 7.79. The number of aryl methyl sites for hydroxylation is 1. The maximum atomic E-state index is 13.1. The topological polar surface area (TPSA) is 83.0 Å². The Bertz CT molecular complexity index is 1780. The summed E-state index contributed by atoms with van der Waals surface area (Å²) in [6, 6.07) is 23.7. The number of piperidine rings is 1. The molecule has 0 radical (unpaired) electrons. The number of aromatic nitrogens is 3. The second-order valence-corrected chi connectivity index (χ2v) is 11.0. The van der Waals surface area contributed by atoms with Crippen LogP contribution in [0.3, 0.4) is 0 Å². The van der Waals surface area contributed by atoms with Crippen molar-refractivity contribution in [1.29, 1.82) is 0 Å². The minimum absolute atomic E-state index is 0.0582. The van der Waals surface area contributed by atoms with Crippen LogP contribution in [0.25, 0.3) is 22.0 Å². The van der Waals surface area contributed by atoms with Crippen molar-refractivity contribution in [3.8, 4) is 11.3 Å². The highest BCUT2D eigenvalue weighted by Crippen LogP contribution is 2.31. The minimum atomic E-state index is -4.46. The summed E-state index contributed by atoms with van der Waals surface area (Å²) in [5, 5.41) is 8.63. The Labute approximate surface area is 253 Å². The van der Waals surface area contributed by atoms with Gasteiger partial charge in [-0.05, 0) is 78.1 Å². The molecule has 0 spiro atoms. The number of likely N-dealkylation sites (tertiary alicyclic amines) is 1. The summed E-state index contributed by atoms with van der Waals surface area (Å²) in [7, 11) is 0. The van der Waals surface area contributed by atoms with E-state index in [9.17, 15) is 18.0 Å². The van der Waals surface area contributed by atoms with E-state index in [-0.39, 0.29) is 17.8 Å². The fraction of sp³-hybridized carbons (Fsp3) is 0.235. The number of fused-ring (bicyclic) bond motifs is 1. The van der Waals surface area contributed by atoms with Crippen molar-refractivity contribution in [2.75, 3.05) is 23.7 Å². The van der Waals surface area contributed by atoms with Crippen LogP contribution in [0.15, 0.2) is 91.3 Å². The summed E-state index contributed by atoms with van der Waals surface area (Å²) in [6.45, 7) is 3.25. The molecule has 2 aromatic carbocycles. The van der Waals surface area contributed by atoms with Gasteiger partial charge >= 0.3 is 6.18 Å². The summed E-state index contributed by atoms with van der Waals surface area (Å²) < 4.78 is 39.3. The summed E-state index contributed by atoms with van der Waals surface area (Å²) in [4.78, 5) is 28.2. The standard InChI is InChI=1S/C34H31F3N6O/c1-22-17-29(41-32(18-22)42-31-20-26(11-14-38-31)34(35,36)37)25-9-10-30(39-21-25)40-27-12-15-43(16-13-27)33(44)19-24-7-4-6-23-5-2-3-8-28(23)24/h2-11,14,17-18,20-21,27H,12-13,15-16,19H2,1H3,(H,39,40)(H,38,41,42). The van der Waals surface area contributed by atoms with Crippen molar-refractivity contribution < 1.29 is 18.0 Å². The first-order valence-corrected chi connectivity index (χ1v) is 14.5. The van der Waals surface area contributed by atoms with Gasteiger partial charge in [-0.2, -0.15) is 13.2 Å². The van der Waals surface area contributed by atoms with E-state index in [1.807, 2.05) is 54.3 Å². The first-order chi connectivity index (χ1) is 21.2. The quantitative estimate of drug-likeness (QED) is 0.204. The molecule has 1 saturated heterocycles. The lowest BCUT2D eigenvalue weighted by Gasteiger charge is -2.33. The van der Waals surface area contributed by atoms with Crippen molar-refractivity contribution in [3.05, 3.63) is 108 Å². The number of halogens is 3. The number of nitrogens with zero attached hydrogens (tertiary/aromatic N) is 4. The van der Waals surface area contributed by atoms with Crippen molar-refractivity contribution in [3.63, 3.8) is 0 Å². The van der Waals surface area contributed by atoms with E-state index in [4.69, 9.17) is 0 Å². The number of pyridine rings is 3. The molecule has 0 saturated carbocycles. The zero-order valence-corrected chi connectivity index (χ0v) is 24.1. The third-order valence-corrected chi connectivity index (χ3v) is 7.79. The summed E-state index contributed by atoms with van der Waals surface area (Å²) in [6.07, 6.45) is 0.415. The van der Waals surface area contributed by atoms with Crippen LogP contribution in [0.2, 0.25) is 0 Å². The lowest BCUT2D eigenvalue weighted by atomic mass is 10.00. The number of nitrogens with one attached hydrogen (secondary N) is 2. The SMILES string of the molecule is Cc1cc(Nc2cc(C(F)(F)F)ccn2)nc(-c2ccc(NC3CCN(C(=O)Cc4cccc5ccccc45)CC3)nc2)c1. The van der Waals surface area contributed by atoms with Crippen molar-refractivity contribution >= 4 is 34.1 Å². The number of rotatable bonds is 7. The van der Waals surface area contributed by atoms with Gasteiger partial charge in [0, 0.05) is 37.1 Å². The summed E-state index contributed by atoms with van der Waals surface area (Å²) >= 11 is 0. The Morgan fingerprint density at radius 2 is 1.70 bits per heavy atom. The van der Waals surface area contributed by atoms with Gasteiger partial charge in [-0.25, -0.2) is 15.0 Å². The molecule has 1 aliphatic heterocycles. The van der Waals surface area contributed by atoms with Gasteiger partial charge < -0.3 is 15.5 Å². The zero-order chi connectivity index (χ0) is 30.7. The first kappa shape index (κ1) is 29.1. The second kappa shape index (κ2) is 12.3. The van der Waals surface area contributed by atoms with Gasteiger partial charge in [0.25, 0.3) is 0 Å². The van der Waals surface area contributed by atoms with Crippen molar-refractivity contribution in [2.45, 2.75) is 38.4 Å². The Kier molecular flexibility index (Phi) is 8.15. The lowest BCUT2D eigenvalue weighted by Crippen LogP contribution is -2.43. The molecule has 0 aliphatic carbocycles. The van der Waals surface area contributed by atoms with E-state index in [0.717, 1.165) is 64.5 Å². The number of benzene rings is 2. The molecule has 224 valence electrons. The molecular formula is C34H31F3N6O. The highest BCUT2D eigenvalue weighted by molar-refractivity contribution is 5.90. The van der Waals surface area contributed by atoms with Gasteiger partial charge in [0.2, 0.25) is 5.91 Å². The maximum absolute atomic E-state index is 13.1. The second-order valence-electron chi connectivity index (χ2n) is 11.0. The average Bonchev–Trinajstić information content (AvgIpc) is 3.01. The fourth-order valence-corrected chi connectivity index (χ4v) is 5.52. The van der Waals surface area contributed by atoms with Crippen LogP contribution in [0.1, 0.15) is 29.5 Å². The van der Waals surface area contributed by atoms with Gasteiger partial charge in [-0.3, -0.25) is 4.79 Å². The minimum Gasteiger partial charge on any atom is -0.367 e. The highest BCUT2D eigenvalue weighted by atomic mass is 19.4. The highest BCUT2D eigenvalue weighted by Gasteiger charge is 2.30. The average molecular weight is 597 g/mol. The van der Waals surface area contributed by atoms with Crippen LogP contribution < -0.4 is 10.6 Å². The Morgan fingerprint density at radius 3 is 2.48 bits per heavy atom. The number of carbonyl (C=O) groups is 1. The smallest absolute Gasteiger partial charge is 0.367 e. The molecule has 0 bridgehead atoms. The van der Waals surface area contributed by atoms with Gasteiger partial charge in [0.1, 0.15) is 17.5 Å². The molecule has 44 heavy (non-hydrogen) atoms. The molecule has 0 atom stereocenters. The molecule has 6 rings (SSSR count). The fourth-order valence-electron chi connectivity index (χ4n) is 5.52. The maximum Gasteiger partial charge on any atom is 0.416 e. The number of anilines is 3. The lowest BCUT2D eigenvalue weighted by molar-refractivity contribution is -0.137. The monoisotopic (exact) mass is 596 g/mol. The predicted molar refractivity (Wildman–Crippen MR) is 166 cm³/mol. The Balaban J connectivity index is 1.05. The molecular weight excluding hydrogens is 565 g/mol. The van der Waals surface area contributed by atoms with Gasteiger partial charge in [0.15, 0.2) is 0 Å². The largest absolute Gasteiger partial charge is 0.416 e. The van der Waals surface area contributed by atoms with Gasteiger partial charge in [0.05, 0.1) is 17.7 Å². The third kappa shape index (κ3) is 6.80. The number of hydrogen-bond acceptors (Lipinski definition) is 6. The van der Waals surface area contributed by atoms with Crippen LogP contribution in [0.5, 0.6) is 0 Å². The number of amides is 1. The molecule has 0 unspecified atom stereocenters. The molecule has 4 heterocycles. The molecule has 3 aromatic heterocycles. The summed E-state index contributed by atoms with van der Waals surface area (Å²) in [5.74, 6) is 1.32. The van der Waals surface area contributed by atoms with E-state index in [2.05, 4.69) is 43.8 Å². The van der Waals surface area contributed by atoms with Crippen LogP contribution in [-0.4, -0.2) is 44.9 Å². The van der Waals surface area contributed by atoms with Crippen molar-refractivity contribution in [1.82, 2.24) is 19.9 Å². The van der Waals surface area contributed by atoms with Gasteiger partial charge in [-0.1, -0.05) is 42.5 Å². The van der Waals surface area contributed by atoms with Crippen LogP contribution >= 0.6 is 0 Å². The Hall–Kier alpha value is -4.99. The van der Waals surface area contributed by atoms with E-state index < -0.39 is 11.7 Å². The molecule has 10 heteroatoms. The molecule has 1 fully saturated rings. The summed E-state index contributed by atoms with van der Waals surface area (Å²) in [5.41, 5.74) is 2.56. The zero-order valence-electron chi connectivity index (χ0n) is 24.1. The van der Waals surface area contributed by atoms with E-state index >= 15 is 0 Å². The molecule has 2 N–H and O–H groups in total. The molecule has 5 aromatic rings. The number of carbonyl (C=O) groups excluding carboxylic acids is 1. The van der Waals surface area contributed by atoms with E-state index in [1.165, 1.54) is 0 Å². The number of hydrogen-bond donors (Lipinski definition) is 2. The van der Waals surface area contributed by atoms with Crippen molar-refractivity contribution in [2.24, 2.45) is 0 Å². The first-order valence-electron chi connectivity index (χ1n) is 14.5. The van der Waals surface area contributed by atoms with E-state index in [1.54, 1.807) is 12.3 Å². The molecule has 1 amide bonds. The normalized spacial score (nSPS) is 14.0. The van der Waals surface area contributed by atoms with Gasteiger partial charge in [-0.15, -0.1) is 0 Å². The van der Waals surface area contributed by atoms with Crippen LogP contribution in [0.4, 0.5) is 30.6 Å². The van der Waals surface area contributed by atoms with E-state index in [0.29, 0.717) is 31.0 Å². The van der Waals surface area contributed by atoms with Crippen LogP contribution in [0, 0.1) is 6.92 Å². The van der Waals surface area contributed by atoms with Crippen LogP contribution in [-0.2, 0) is 17.4 Å².